The van der Waals surface area contributed by atoms with Crippen LogP contribution in [0.2, 0.25) is 0 Å². The monoisotopic (exact) mass is 250 g/mol. The van der Waals surface area contributed by atoms with E-state index in [9.17, 15) is 4.79 Å². The molecule has 0 radical (unpaired) electrons. The molecule has 0 bridgehead atoms. The Morgan fingerprint density at radius 3 is 2.67 bits per heavy atom. The summed E-state index contributed by atoms with van der Waals surface area (Å²) >= 11 is 0. The highest BCUT2D eigenvalue weighted by molar-refractivity contribution is 5.82. The maximum Gasteiger partial charge on any atom is 0.155 e. The molecule has 3 nitrogen and oxygen atoms in total. The Labute approximate surface area is 111 Å². The van der Waals surface area contributed by atoms with Crippen LogP contribution >= 0.6 is 0 Å². The predicted octanol–water partition coefficient (Wildman–Crippen LogP) is 3.93. The third-order valence-corrected chi connectivity index (χ3v) is 3.78. The zero-order valence-electron chi connectivity index (χ0n) is 12.1. The van der Waals surface area contributed by atoms with Gasteiger partial charge in [-0.2, -0.15) is 0 Å². The molecule has 2 unspecified atom stereocenters. The van der Waals surface area contributed by atoms with Crippen LogP contribution in [0.4, 0.5) is 0 Å². The van der Waals surface area contributed by atoms with Gasteiger partial charge in [0.15, 0.2) is 5.78 Å². The van der Waals surface area contributed by atoms with Gasteiger partial charge in [0.05, 0.1) is 6.04 Å². The minimum Gasteiger partial charge on any atom is -0.325 e. The number of hydrogen-bond donors (Lipinski definition) is 0. The molecule has 0 aromatic carbocycles. The van der Waals surface area contributed by atoms with Gasteiger partial charge in [-0.05, 0) is 19.8 Å². The van der Waals surface area contributed by atoms with Crippen LogP contribution in [0.25, 0.3) is 0 Å². The standard InChI is InChI=1S/C15H26N2O/c1-5-7-8-14(6-2)11-15(18)12(3)17-10-9-16-13(17)4/h9-10,12,14H,5-8,11H2,1-4H3. The van der Waals surface area contributed by atoms with Crippen molar-refractivity contribution in [3.8, 4) is 0 Å². The number of ketones is 1. The lowest BCUT2D eigenvalue weighted by atomic mass is 9.92. The first-order valence-corrected chi connectivity index (χ1v) is 7.12. The molecule has 0 N–H and O–H groups in total. The van der Waals surface area contributed by atoms with Crippen LogP contribution in [0.1, 0.15) is 64.7 Å². The van der Waals surface area contributed by atoms with Crippen molar-refractivity contribution in [2.45, 2.75) is 65.8 Å². The Morgan fingerprint density at radius 1 is 1.44 bits per heavy atom. The van der Waals surface area contributed by atoms with Crippen LogP contribution in [0.5, 0.6) is 0 Å². The van der Waals surface area contributed by atoms with Crippen molar-refractivity contribution >= 4 is 5.78 Å². The molecule has 0 aliphatic carbocycles. The fourth-order valence-electron chi connectivity index (χ4n) is 2.35. The molecule has 3 heteroatoms. The molecule has 0 spiro atoms. The van der Waals surface area contributed by atoms with Crippen LogP contribution in [-0.2, 0) is 4.79 Å². The van der Waals surface area contributed by atoms with Crippen LogP contribution in [-0.4, -0.2) is 15.3 Å². The summed E-state index contributed by atoms with van der Waals surface area (Å²) in [6, 6.07) is -0.0804. The number of rotatable bonds is 8. The highest BCUT2D eigenvalue weighted by Gasteiger charge is 2.19. The van der Waals surface area contributed by atoms with E-state index in [-0.39, 0.29) is 6.04 Å². The number of aromatic nitrogens is 2. The summed E-state index contributed by atoms with van der Waals surface area (Å²) in [5, 5.41) is 0. The molecule has 0 aliphatic rings. The van der Waals surface area contributed by atoms with E-state index in [0.717, 1.165) is 12.2 Å². The van der Waals surface area contributed by atoms with Crippen LogP contribution in [0.15, 0.2) is 12.4 Å². The predicted molar refractivity (Wildman–Crippen MR) is 74.6 cm³/mol. The first kappa shape index (κ1) is 14.9. The van der Waals surface area contributed by atoms with Gasteiger partial charge in [-0.1, -0.05) is 39.5 Å². The van der Waals surface area contributed by atoms with E-state index in [1.165, 1.54) is 19.3 Å². The number of aryl methyl sites for hydroxylation is 1. The van der Waals surface area contributed by atoms with Crippen LogP contribution in [0.3, 0.4) is 0 Å². The maximum atomic E-state index is 12.3. The summed E-state index contributed by atoms with van der Waals surface area (Å²) in [7, 11) is 0. The lowest BCUT2D eigenvalue weighted by molar-refractivity contribution is -0.122. The van der Waals surface area contributed by atoms with Gasteiger partial charge in [0.25, 0.3) is 0 Å². The number of unbranched alkanes of at least 4 members (excludes halogenated alkanes) is 1. The van der Waals surface area contributed by atoms with Gasteiger partial charge in [0.2, 0.25) is 0 Å². The van der Waals surface area contributed by atoms with Crippen molar-refractivity contribution in [1.29, 1.82) is 0 Å². The molecule has 1 heterocycles. The molecule has 18 heavy (non-hydrogen) atoms. The molecule has 0 saturated heterocycles. The summed E-state index contributed by atoms with van der Waals surface area (Å²) in [6.45, 7) is 8.30. The number of Topliss-reactive ketones (excluding diaryl/α,β-unsaturated/α-hetero) is 1. The average Bonchev–Trinajstić information content (AvgIpc) is 2.79. The van der Waals surface area contributed by atoms with Crippen molar-refractivity contribution in [3.05, 3.63) is 18.2 Å². The zero-order valence-corrected chi connectivity index (χ0v) is 12.1. The molecule has 0 amide bonds. The van der Waals surface area contributed by atoms with E-state index in [1.807, 2.05) is 24.6 Å². The summed E-state index contributed by atoms with van der Waals surface area (Å²) in [5.41, 5.74) is 0. The van der Waals surface area contributed by atoms with Gasteiger partial charge in [-0.3, -0.25) is 4.79 Å². The van der Waals surface area contributed by atoms with E-state index in [1.54, 1.807) is 6.20 Å². The number of carbonyl (C=O) groups excluding carboxylic acids is 1. The van der Waals surface area contributed by atoms with Gasteiger partial charge in [-0.15, -0.1) is 0 Å². The first-order valence-electron chi connectivity index (χ1n) is 7.12. The van der Waals surface area contributed by atoms with E-state index in [2.05, 4.69) is 18.8 Å². The molecule has 0 aliphatic heterocycles. The van der Waals surface area contributed by atoms with Crippen molar-refractivity contribution in [2.75, 3.05) is 0 Å². The number of nitrogens with zero attached hydrogens (tertiary/aromatic N) is 2. The van der Waals surface area contributed by atoms with Gasteiger partial charge >= 0.3 is 0 Å². The largest absolute Gasteiger partial charge is 0.325 e. The van der Waals surface area contributed by atoms with E-state index in [0.29, 0.717) is 18.1 Å². The summed E-state index contributed by atoms with van der Waals surface area (Å²) in [5.74, 6) is 1.79. The fourth-order valence-corrected chi connectivity index (χ4v) is 2.35. The maximum absolute atomic E-state index is 12.3. The molecule has 102 valence electrons. The second-order valence-corrected chi connectivity index (χ2v) is 5.14. The molecule has 2 atom stereocenters. The third kappa shape index (κ3) is 3.97. The second kappa shape index (κ2) is 7.34. The highest BCUT2D eigenvalue weighted by atomic mass is 16.1. The lowest BCUT2D eigenvalue weighted by Gasteiger charge is -2.18. The smallest absolute Gasteiger partial charge is 0.155 e. The third-order valence-electron chi connectivity index (χ3n) is 3.78. The Kier molecular flexibility index (Phi) is 6.10. The van der Waals surface area contributed by atoms with Crippen molar-refractivity contribution in [1.82, 2.24) is 9.55 Å². The molecular formula is C15H26N2O. The number of imidazole rings is 1. The molecule has 1 aromatic rings. The van der Waals surface area contributed by atoms with E-state index < -0.39 is 0 Å². The molecule has 0 saturated carbocycles. The van der Waals surface area contributed by atoms with Crippen molar-refractivity contribution < 1.29 is 4.79 Å². The second-order valence-electron chi connectivity index (χ2n) is 5.14. The van der Waals surface area contributed by atoms with Gasteiger partial charge < -0.3 is 4.57 Å². The topological polar surface area (TPSA) is 34.9 Å². The van der Waals surface area contributed by atoms with Gasteiger partial charge in [0, 0.05) is 18.8 Å². The highest BCUT2D eigenvalue weighted by Crippen LogP contribution is 2.21. The summed E-state index contributed by atoms with van der Waals surface area (Å²) < 4.78 is 1.97. The molecular weight excluding hydrogens is 224 g/mol. The first-order chi connectivity index (χ1) is 8.60. The van der Waals surface area contributed by atoms with Gasteiger partial charge in [-0.25, -0.2) is 4.98 Å². The molecule has 0 fully saturated rings. The summed E-state index contributed by atoms with van der Waals surface area (Å²) in [4.78, 5) is 16.5. The van der Waals surface area contributed by atoms with E-state index >= 15 is 0 Å². The fraction of sp³-hybridized carbons (Fsp3) is 0.733. The van der Waals surface area contributed by atoms with E-state index in [4.69, 9.17) is 0 Å². The van der Waals surface area contributed by atoms with Crippen LogP contribution in [0, 0.1) is 12.8 Å². The quantitative estimate of drug-likeness (QED) is 0.700. The minimum atomic E-state index is -0.0804. The summed E-state index contributed by atoms with van der Waals surface area (Å²) in [6.07, 6.45) is 9.06. The Bertz CT molecular complexity index is 370. The molecule has 1 rings (SSSR count). The van der Waals surface area contributed by atoms with Crippen molar-refractivity contribution in [2.24, 2.45) is 5.92 Å². The SMILES string of the molecule is CCCCC(CC)CC(=O)C(C)n1ccnc1C. The van der Waals surface area contributed by atoms with Crippen molar-refractivity contribution in [3.63, 3.8) is 0 Å². The number of carbonyl (C=O) groups is 1. The Morgan fingerprint density at radius 2 is 2.17 bits per heavy atom. The zero-order chi connectivity index (χ0) is 13.5. The minimum absolute atomic E-state index is 0.0804. The average molecular weight is 250 g/mol. The Balaban J connectivity index is 2.56. The van der Waals surface area contributed by atoms with Crippen LogP contribution < -0.4 is 0 Å². The molecule has 1 aromatic heterocycles. The normalized spacial score (nSPS) is 14.4. The number of hydrogen-bond acceptors (Lipinski definition) is 2. The van der Waals surface area contributed by atoms with Gasteiger partial charge in [0.1, 0.15) is 5.82 Å². The lowest BCUT2D eigenvalue weighted by Crippen LogP contribution is -2.20. The Hall–Kier alpha value is -1.12.